The predicted octanol–water partition coefficient (Wildman–Crippen LogP) is 0.700. The summed E-state index contributed by atoms with van der Waals surface area (Å²) in [6.07, 6.45) is 2.22. The zero-order chi connectivity index (χ0) is 14.6. The minimum absolute atomic E-state index is 0.0483. The van der Waals surface area contributed by atoms with Crippen LogP contribution < -0.4 is 0 Å². The number of urea groups is 1. The highest BCUT2D eigenvalue weighted by Crippen LogP contribution is 2.21. The van der Waals surface area contributed by atoms with Gasteiger partial charge in [-0.1, -0.05) is 0 Å². The van der Waals surface area contributed by atoms with E-state index in [1.165, 1.54) is 4.90 Å². The summed E-state index contributed by atoms with van der Waals surface area (Å²) in [6.45, 7) is 2.03. The zero-order valence-corrected chi connectivity index (χ0v) is 12.4. The van der Waals surface area contributed by atoms with E-state index in [0.717, 1.165) is 12.2 Å². The molecule has 3 atom stereocenters. The van der Waals surface area contributed by atoms with Crippen molar-refractivity contribution < 1.29 is 19.8 Å². The number of rotatable bonds is 5. The van der Waals surface area contributed by atoms with Crippen LogP contribution in [-0.4, -0.2) is 75.8 Å². The minimum Gasteiger partial charge on any atom is -0.480 e. The number of aliphatic carboxylic acids is 1. The van der Waals surface area contributed by atoms with Gasteiger partial charge < -0.3 is 20.0 Å². The molecule has 0 saturated carbocycles. The highest BCUT2D eigenvalue weighted by atomic mass is 32.2. The Balaban J connectivity index is 2.67. The third-order valence-electron chi connectivity index (χ3n) is 3.51. The molecular weight excluding hydrogens is 268 g/mol. The largest absolute Gasteiger partial charge is 0.480 e. The van der Waals surface area contributed by atoms with E-state index >= 15 is 0 Å². The second-order valence-corrected chi connectivity index (χ2v) is 5.91. The molecule has 1 rings (SSSR count). The maximum atomic E-state index is 12.3. The Kier molecular flexibility index (Phi) is 5.93. The van der Waals surface area contributed by atoms with E-state index < -0.39 is 18.1 Å². The average molecular weight is 290 g/mol. The molecule has 1 aliphatic rings. The number of likely N-dealkylation sites (tertiary alicyclic amines) is 1. The first-order chi connectivity index (χ1) is 8.88. The molecule has 19 heavy (non-hydrogen) atoms. The summed E-state index contributed by atoms with van der Waals surface area (Å²) in [5, 5.41) is 18.6. The zero-order valence-electron chi connectivity index (χ0n) is 11.6. The summed E-state index contributed by atoms with van der Waals surface area (Å²) < 4.78 is 0. The highest BCUT2D eigenvalue weighted by molar-refractivity contribution is 7.98. The molecule has 1 aliphatic heterocycles. The van der Waals surface area contributed by atoms with Crippen molar-refractivity contribution in [2.24, 2.45) is 0 Å². The van der Waals surface area contributed by atoms with Gasteiger partial charge in [0.05, 0.1) is 6.10 Å². The van der Waals surface area contributed by atoms with E-state index in [9.17, 15) is 14.7 Å². The third kappa shape index (κ3) is 4.01. The van der Waals surface area contributed by atoms with Crippen molar-refractivity contribution in [2.45, 2.75) is 38.0 Å². The van der Waals surface area contributed by atoms with Crippen LogP contribution in [0.5, 0.6) is 0 Å². The molecule has 0 aliphatic carbocycles. The number of aliphatic hydroxyl groups is 1. The van der Waals surface area contributed by atoms with Gasteiger partial charge in [0.2, 0.25) is 0 Å². The number of β-amino-alcohol motifs (C(OH)–C–C–N with tert-alkyl or cyclic N) is 1. The van der Waals surface area contributed by atoms with E-state index in [1.807, 2.05) is 13.2 Å². The van der Waals surface area contributed by atoms with Gasteiger partial charge in [-0.2, -0.15) is 11.8 Å². The van der Waals surface area contributed by atoms with E-state index in [-0.39, 0.29) is 25.0 Å². The number of carbonyl (C=O) groups excluding carboxylic acids is 1. The number of amides is 2. The fraction of sp³-hybridized carbons (Fsp3) is 0.833. The number of thioether (sulfide) groups is 1. The van der Waals surface area contributed by atoms with Crippen molar-refractivity contribution in [3.05, 3.63) is 0 Å². The van der Waals surface area contributed by atoms with Crippen molar-refractivity contribution in [1.82, 2.24) is 9.80 Å². The molecule has 0 aromatic carbocycles. The third-order valence-corrected chi connectivity index (χ3v) is 4.16. The quantitative estimate of drug-likeness (QED) is 0.779. The smallest absolute Gasteiger partial charge is 0.326 e. The van der Waals surface area contributed by atoms with Crippen LogP contribution in [0.25, 0.3) is 0 Å². The molecule has 0 spiro atoms. The molecule has 0 aromatic heterocycles. The SMILES string of the molecule is CSCCC(C)N(C)C(=O)N1CC(O)C[C@H]1C(=O)O. The maximum absolute atomic E-state index is 12.3. The van der Waals surface area contributed by atoms with Gasteiger partial charge in [-0.15, -0.1) is 0 Å². The first-order valence-corrected chi connectivity index (χ1v) is 7.71. The lowest BCUT2D eigenvalue weighted by Crippen LogP contribution is -2.49. The summed E-state index contributed by atoms with van der Waals surface area (Å²) in [5.74, 6) is -0.112. The molecule has 2 unspecified atom stereocenters. The molecule has 7 heteroatoms. The number of hydrogen-bond donors (Lipinski definition) is 2. The van der Waals surface area contributed by atoms with Gasteiger partial charge in [0.15, 0.2) is 0 Å². The lowest BCUT2D eigenvalue weighted by Gasteiger charge is -2.31. The average Bonchev–Trinajstić information content (AvgIpc) is 2.76. The summed E-state index contributed by atoms with van der Waals surface area (Å²) in [7, 11) is 1.68. The number of hydrogen-bond acceptors (Lipinski definition) is 4. The van der Waals surface area contributed by atoms with Gasteiger partial charge in [0.1, 0.15) is 6.04 Å². The van der Waals surface area contributed by atoms with Gasteiger partial charge in [-0.05, 0) is 25.4 Å². The first-order valence-electron chi connectivity index (χ1n) is 6.31. The van der Waals surface area contributed by atoms with Gasteiger partial charge in [-0.3, -0.25) is 0 Å². The van der Waals surface area contributed by atoms with Crippen molar-refractivity contribution in [3.63, 3.8) is 0 Å². The molecule has 6 nitrogen and oxygen atoms in total. The van der Waals surface area contributed by atoms with Crippen LogP contribution in [-0.2, 0) is 4.79 Å². The predicted molar refractivity (Wildman–Crippen MR) is 74.4 cm³/mol. The number of nitrogens with zero attached hydrogens (tertiary/aromatic N) is 2. The van der Waals surface area contributed by atoms with Gasteiger partial charge >= 0.3 is 12.0 Å². The number of carbonyl (C=O) groups is 2. The summed E-state index contributed by atoms with van der Waals surface area (Å²) in [6, 6.07) is -1.19. The summed E-state index contributed by atoms with van der Waals surface area (Å²) >= 11 is 1.71. The lowest BCUT2D eigenvalue weighted by molar-refractivity contribution is -0.141. The summed E-state index contributed by atoms with van der Waals surface area (Å²) in [4.78, 5) is 26.2. The Labute approximate surface area is 117 Å². The van der Waals surface area contributed by atoms with Gasteiger partial charge in [0, 0.05) is 26.1 Å². The molecule has 0 radical (unpaired) electrons. The Hall–Kier alpha value is -0.950. The lowest BCUT2D eigenvalue weighted by atomic mass is 10.2. The second kappa shape index (κ2) is 7.00. The molecule has 1 saturated heterocycles. The van der Waals surface area contributed by atoms with E-state index in [4.69, 9.17) is 5.11 Å². The van der Waals surface area contributed by atoms with Crippen molar-refractivity contribution >= 4 is 23.8 Å². The fourth-order valence-electron chi connectivity index (χ4n) is 2.13. The number of aliphatic hydroxyl groups excluding tert-OH is 1. The Bertz CT molecular complexity index is 340. The molecule has 2 amide bonds. The molecule has 1 heterocycles. The molecule has 110 valence electrons. The Morgan fingerprint density at radius 2 is 2.16 bits per heavy atom. The normalized spacial score (nSPS) is 24.3. The van der Waals surface area contributed by atoms with Crippen LogP contribution in [0.4, 0.5) is 4.79 Å². The van der Waals surface area contributed by atoms with Crippen LogP contribution in [0.1, 0.15) is 19.8 Å². The van der Waals surface area contributed by atoms with Crippen LogP contribution >= 0.6 is 11.8 Å². The standard InChI is InChI=1S/C12H22N2O4S/c1-8(4-5-19-3)13(2)12(18)14-7-9(15)6-10(14)11(16)17/h8-10,15H,4-7H2,1-3H3,(H,16,17)/t8?,9?,10-/m0/s1. The maximum Gasteiger partial charge on any atom is 0.326 e. The van der Waals surface area contributed by atoms with Crippen molar-refractivity contribution in [1.29, 1.82) is 0 Å². The van der Waals surface area contributed by atoms with Crippen molar-refractivity contribution in [2.75, 3.05) is 25.6 Å². The van der Waals surface area contributed by atoms with E-state index in [2.05, 4.69) is 0 Å². The Morgan fingerprint density at radius 1 is 1.53 bits per heavy atom. The molecule has 0 aromatic rings. The van der Waals surface area contributed by atoms with Crippen LogP contribution in [0.3, 0.4) is 0 Å². The number of carboxylic acids is 1. The molecule has 2 N–H and O–H groups in total. The number of carboxylic acid groups (broad SMARTS) is 1. The van der Waals surface area contributed by atoms with Crippen LogP contribution in [0.15, 0.2) is 0 Å². The highest BCUT2D eigenvalue weighted by Gasteiger charge is 2.40. The molecule has 1 fully saturated rings. The Morgan fingerprint density at radius 3 is 2.68 bits per heavy atom. The first kappa shape index (κ1) is 16.1. The fourth-order valence-corrected chi connectivity index (χ4v) is 2.71. The van der Waals surface area contributed by atoms with Crippen LogP contribution in [0.2, 0.25) is 0 Å². The van der Waals surface area contributed by atoms with Crippen LogP contribution in [0, 0.1) is 0 Å². The van der Waals surface area contributed by atoms with E-state index in [0.29, 0.717) is 0 Å². The van der Waals surface area contributed by atoms with Gasteiger partial charge in [0.25, 0.3) is 0 Å². The topological polar surface area (TPSA) is 81.1 Å². The van der Waals surface area contributed by atoms with Crippen molar-refractivity contribution in [3.8, 4) is 0 Å². The molecule has 0 bridgehead atoms. The molecular formula is C12H22N2O4S. The summed E-state index contributed by atoms with van der Waals surface area (Å²) in [5.41, 5.74) is 0. The monoisotopic (exact) mass is 290 g/mol. The van der Waals surface area contributed by atoms with Gasteiger partial charge in [-0.25, -0.2) is 9.59 Å². The second-order valence-electron chi connectivity index (χ2n) is 4.92. The minimum atomic E-state index is -1.06. The van der Waals surface area contributed by atoms with E-state index in [1.54, 1.807) is 23.7 Å².